The lowest BCUT2D eigenvalue weighted by Crippen LogP contribution is -2.34. The van der Waals surface area contributed by atoms with E-state index in [-0.39, 0.29) is 0 Å². The minimum atomic E-state index is -3.03. The molecule has 1 aliphatic heterocycles. The molecule has 0 aromatic heterocycles. The second-order valence-electron chi connectivity index (χ2n) is 5.96. The first-order chi connectivity index (χ1) is 8.97. The molecule has 0 spiro atoms. The Bertz CT molecular complexity index is 341. The lowest BCUT2D eigenvalue weighted by molar-refractivity contribution is 0.340. The predicted molar refractivity (Wildman–Crippen MR) is 80.7 cm³/mol. The second kappa shape index (κ2) is 8.22. The molecule has 0 radical (unpaired) electrons. The van der Waals surface area contributed by atoms with Gasteiger partial charge in [0.25, 0.3) is 0 Å². The summed E-state index contributed by atoms with van der Waals surface area (Å²) in [6, 6.07) is 0. The van der Waals surface area contributed by atoms with E-state index in [1.165, 1.54) is 6.42 Å². The van der Waals surface area contributed by atoms with E-state index in [1.807, 2.05) is 7.05 Å². The molecule has 1 fully saturated rings. The molecular weight excluding hydrogens is 260 g/mol. The summed E-state index contributed by atoms with van der Waals surface area (Å²) >= 11 is 0. The topological polar surface area (TPSA) is 49.4 Å². The molecule has 1 N–H and O–H groups in total. The maximum atomic E-state index is 12.3. The highest BCUT2D eigenvalue weighted by Gasteiger charge is 2.26. The van der Waals surface area contributed by atoms with Gasteiger partial charge in [-0.2, -0.15) is 0 Å². The van der Waals surface area contributed by atoms with Crippen LogP contribution >= 0.6 is 0 Å². The molecule has 1 aliphatic rings. The van der Waals surface area contributed by atoms with Crippen molar-refractivity contribution in [3.63, 3.8) is 0 Å². The van der Waals surface area contributed by atoms with Gasteiger partial charge < -0.3 is 5.32 Å². The normalized spacial score (nSPS) is 22.6. The van der Waals surface area contributed by atoms with Crippen molar-refractivity contribution < 1.29 is 8.42 Å². The van der Waals surface area contributed by atoms with E-state index in [0.29, 0.717) is 17.6 Å². The molecule has 114 valence electrons. The van der Waals surface area contributed by atoms with E-state index >= 15 is 0 Å². The largest absolute Gasteiger partial charge is 0.320 e. The van der Waals surface area contributed by atoms with Crippen molar-refractivity contribution in [2.24, 2.45) is 11.8 Å². The fourth-order valence-corrected chi connectivity index (χ4v) is 4.37. The van der Waals surface area contributed by atoms with Crippen LogP contribution in [0.4, 0.5) is 0 Å². The summed E-state index contributed by atoms with van der Waals surface area (Å²) in [5.74, 6) is 1.66. The van der Waals surface area contributed by atoms with Crippen LogP contribution in [-0.4, -0.2) is 45.2 Å². The third-order valence-electron chi connectivity index (χ3n) is 4.15. The zero-order chi connectivity index (χ0) is 14.3. The van der Waals surface area contributed by atoms with Gasteiger partial charge >= 0.3 is 0 Å². The number of hydrogen-bond acceptors (Lipinski definition) is 3. The number of hydrogen-bond donors (Lipinski definition) is 1. The van der Waals surface area contributed by atoms with Crippen LogP contribution in [0.5, 0.6) is 0 Å². The number of rotatable bonds is 7. The van der Waals surface area contributed by atoms with Crippen molar-refractivity contribution >= 4 is 10.0 Å². The fraction of sp³-hybridized carbons (Fsp3) is 1.00. The predicted octanol–water partition coefficient (Wildman–Crippen LogP) is 2.07. The maximum absolute atomic E-state index is 12.3. The van der Waals surface area contributed by atoms with Crippen LogP contribution in [-0.2, 0) is 10.0 Å². The van der Waals surface area contributed by atoms with Crippen molar-refractivity contribution in [2.45, 2.75) is 46.0 Å². The summed E-state index contributed by atoms with van der Waals surface area (Å²) in [5, 5.41) is 3.05. The SMILES string of the molecule is CNCCCCS(=O)(=O)N1CCCC(C(C)C)CC1. The monoisotopic (exact) mass is 290 g/mol. The average Bonchev–Trinajstić information content (AvgIpc) is 2.61. The third-order valence-corrected chi connectivity index (χ3v) is 6.10. The molecule has 0 aromatic carbocycles. The van der Waals surface area contributed by atoms with Gasteiger partial charge in [-0.15, -0.1) is 0 Å². The quantitative estimate of drug-likeness (QED) is 0.730. The minimum Gasteiger partial charge on any atom is -0.320 e. The Labute approximate surface area is 119 Å². The van der Waals surface area contributed by atoms with E-state index in [1.54, 1.807) is 4.31 Å². The number of unbranched alkanes of at least 4 members (excludes halogenated alkanes) is 1. The summed E-state index contributed by atoms with van der Waals surface area (Å²) in [7, 11) is -1.13. The highest BCUT2D eigenvalue weighted by molar-refractivity contribution is 7.89. The highest BCUT2D eigenvalue weighted by Crippen LogP contribution is 2.25. The highest BCUT2D eigenvalue weighted by atomic mass is 32.2. The van der Waals surface area contributed by atoms with E-state index in [9.17, 15) is 8.42 Å². The van der Waals surface area contributed by atoms with Crippen molar-refractivity contribution in [2.75, 3.05) is 32.4 Å². The van der Waals surface area contributed by atoms with Crippen LogP contribution in [0.3, 0.4) is 0 Å². The molecule has 5 heteroatoms. The Morgan fingerprint density at radius 1 is 1.21 bits per heavy atom. The van der Waals surface area contributed by atoms with Gasteiger partial charge in [0.15, 0.2) is 0 Å². The molecule has 0 amide bonds. The van der Waals surface area contributed by atoms with Gasteiger partial charge in [0.2, 0.25) is 10.0 Å². The van der Waals surface area contributed by atoms with Crippen LogP contribution in [0.25, 0.3) is 0 Å². The molecule has 1 rings (SSSR count). The molecular formula is C14H30N2O2S. The minimum absolute atomic E-state index is 0.307. The van der Waals surface area contributed by atoms with Gasteiger partial charge in [0.1, 0.15) is 0 Å². The summed E-state index contributed by atoms with van der Waals surface area (Å²) in [5.41, 5.74) is 0. The second-order valence-corrected chi connectivity index (χ2v) is 8.05. The Balaban J connectivity index is 2.45. The third kappa shape index (κ3) is 5.79. The maximum Gasteiger partial charge on any atom is 0.214 e. The van der Waals surface area contributed by atoms with Gasteiger partial charge in [0.05, 0.1) is 5.75 Å². The van der Waals surface area contributed by atoms with Gasteiger partial charge in [-0.25, -0.2) is 12.7 Å². The average molecular weight is 290 g/mol. The van der Waals surface area contributed by atoms with Crippen molar-refractivity contribution in [3.8, 4) is 0 Å². The molecule has 1 unspecified atom stereocenters. The smallest absolute Gasteiger partial charge is 0.214 e. The van der Waals surface area contributed by atoms with E-state index in [4.69, 9.17) is 0 Å². The molecule has 19 heavy (non-hydrogen) atoms. The number of nitrogens with one attached hydrogen (secondary N) is 1. The van der Waals surface area contributed by atoms with Gasteiger partial charge in [-0.1, -0.05) is 13.8 Å². The summed E-state index contributed by atoms with van der Waals surface area (Å²) in [4.78, 5) is 0. The summed E-state index contributed by atoms with van der Waals surface area (Å²) < 4.78 is 26.3. The Kier molecular flexibility index (Phi) is 7.32. The van der Waals surface area contributed by atoms with Crippen LogP contribution in [0.2, 0.25) is 0 Å². The van der Waals surface area contributed by atoms with Gasteiger partial charge in [-0.05, 0) is 57.5 Å². The first-order valence-corrected chi connectivity index (χ1v) is 9.20. The number of nitrogens with zero attached hydrogens (tertiary/aromatic N) is 1. The van der Waals surface area contributed by atoms with E-state index in [2.05, 4.69) is 19.2 Å². The van der Waals surface area contributed by atoms with Gasteiger partial charge in [-0.3, -0.25) is 0 Å². The zero-order valence-electron chi connectivity index (χ0n) is 12.7. The summed E-state index contributed by atoms with van der Waals surface area (Å²) in [6.07, 6.45) is 4.89. The van der Waals surface area contributed by atoms with Crippen molar-refractivity contribution in [1.29, 1.82) is 0 Å². The standard InChI is InChI=1S/C14H30N2O2S/c1-13(2)14-7-6-10-16(11-8-14)19(17,18)12-5-4-9-15-3/h13-15H,4-12H2,1-3H3. The first-order valence-electron chi connectivity index (χ1n) is 7.60. The fourth-order valence-electron chi connectivity index (χ4n) is 2.76. The molecule has 0 bridgehead atoms. The van der Waals surface area contributed by atoms with Crippen LogP contribution < -0.4 is 5.32 Å². The van der Waals surface area contributed by atoms with Crippen LogP contribution in [0.1, 0.15) is 46.0 Å². The summed E-state index contributed by atoms with van der Waals surface area (Å²) in [6.45, 7) is 6.82. The van der Waals surface area contributed by atoms with E-state index in [0.717, 1.165) is 45.3 Å². The molecule has 4 nitrogen and oxygen atoms in total. The molecule has 1 heterocycles. The Hall–Kier alpha value is -0.130. The van der Waals surface area contributed by atoms with Crippen molar-refractivity contribution in [3.05, 3.63) is 0 Å². The van der Waals surface area contributed by atoms with Crippen LogP contribution in [0, 0.1) is 11.8 Å². The van der Waals surface area contributed by atoms with Gasteiger partial charge in [0, 0.05) is 13.1 Å². The van der Waals surface area contributed by atoms with Crippen molar-refractivity contribution in [1.82, 2.24) is 9.62 Å². The van der Waals surface area contributed by atoms with Crippen LogP contribution in [0.15, 0.2) is 0 Å². The molecule has 0 aromatic rings. The first kappa shape index (κ1) is 16.9. The lowest BCUT2D eigenvalue weighted by atomic mass is 9.89. The molecule has 1 saturated heterocycles. The zero-order valence-corrected chi connectivity index (χ0v) is 13.5. The van der Waals surface area contributed by atoms with E-state index < -0.39 is 10.0 Å². The molecule has 0 saturated carbocycles. The Morgan fingerprint density at radius 3 is 2.58 bits per heavy atom. The number of sulfonamides is 1. The lowest BCUT2D eigenvalue weighted by Gasteiger charge is -2.21. The Morgan fingerprint density at radius 2 is 1.95 bits per heavy atom. The molecule has 1 atom stereocenters. The molecule has 0 aliphatic carbocycles.